The van der Waals surface area contributed by atoms with Crippen molar-refractivity contribution in [3.63, 3.8) is 0 Å². The Balaban J connectivity index is 2.18. The molecule has 0 aliphatic heterocycles. The lowest BCUT2D eigenvalue weighted by Gasteiger charge is -2.53. The van der Waals surface area contributed by atoms with E-state index in [1.54, 1.807) is 0 Å². The van der Waals surface area contributed by atoms with E-state index in [9.17, 15) is 14.4 Å². The minimum atomic E-state index is -0.664. The summed E-state index contributed by atoms with van der Waals surface area (Å²) in [6, 6.07) is 0. The summed E-state index contributed by atoms with van der Waals surface area (Å²) in [6.45, 7) is 8.56. The van der Waals surface area contributed by atoms with Crippen LogP contribution in [0.1, 0.15) is 68.3 Å². The van der Waals surface area contributed by atoms with Gasteiger partial charge in [0.2, 0.25) is 5.78 Å². The van der Waals surface area contributed by atoms with E-state index in [0.717, 1.165) is 12.0 Å². The zero-order valence-electron chi connectivity index (χ0n) is 15.3. The zero-order chi connectivity index (χ0) is 18.5. The Labute approximate surface area is 146 Å². The van der Waals surface area contributed by atoms with E-state index in [2.05, 4.69) is 6.92 Å². The van der Waals surface area contributed by atoms with Gasteiger partial charge in [0.15, 0.2) is 5.76 Å². The van der Waals surface area contributed by atoms with Crippen molar-refractivity contribution < 1.29 is 28.3 Å². The van der Waals surface area contributed by atoms with Crippen molar-refractivity contribution in [2.45, 2.75) is 59.7 Å². The van der Waals surface area contributed by atoms with Gasteiger partial charge in [0.1, 0.15) is 12.2 Å². The van der Waals surface area contributed by atoms with Gasteiger partial charge in [-0.3, -0.25) is 14.4 Å². The Hall–Kier alpha value is -2.11. The molecule has 1 heterocycles. The van der Waals surface area contributed by atoms with Crippen LogP contribution in [0.3, 0.4) is 0 Å². The highest BCUT2D eigenvalue weighted by Crippen LogP contribution is 2.59. The summed E-state index contributed by atoms with van der Waals surface area (Å²) >= 11 is 0. The first-order chi connectivity index (χ1) is 11.7. The number of esters is 2. The number of hydrogen-bond donors (Lipinski definition) is 0. The molecule has 3 rings (SSSR count). The van der Waals surface area contributed by atoms with Crippen molar-refractivity contribution in [3.8, 4) is 0 Å². The Morgan fingerprint density at radius 3 is 2.44 bits per heavy atom. The first-order valence-electron chi connectivity index (χ1n) is 8.64. The van der Waals surface area contributed by atoms with Crippen LogP contribution in [0.4, 0.5) is 0 Å². The highest BCUT2D eigenvalue weighted by Gasteiger charge is 2.62. The van der Waals surface area contributed by atoms with E-state index in [-0.39, 0.29) is 17.5 Å². The lowest BCUT2D eigenvalue weighted by Crippen LogP contribution is -2.56. The van der Waals surface area contributed by atoms with Crippen LogP contribution >= 0.6 is 0 Å². The zero-order valence-corrected chi connectivity index (χ0v) is 15.3. The Morgan fingerprint density at radius 1 is 1.20 bits per heavy atom. The number of Topliss-reactive ketones (excluding diaryl/α,β-unsaturated/α-hetero) is 1. The Bertz CT molecular complexity index is 732. The highest BCUT2D eigenvalue weighted by molar-refractivity contribution is 6.00. The number of ether oxygens (including phenoxy) is 2. The van der Waals surface area contributed by atoms with E-state index >= 15 is 0 Å². The third-order valence-corrected chi connectivity index (χ3v) is 5.95. The molecule has 0 saturated heterocycles. The van der Waals surface area contributed by atoms with Crippen LogP contribution in [0.25, 0.3) is 0 Å². The molecule has 2 aliphatic carbocycles. The van der Waals surface area contributed by atoms with Crippen LogP contribution in [0.2, 0.25) is 0 Å². The third-order valence-electron chi connectivity index (χ3n) is 5.95. The van der Waals surface area contributed by atoms with Gasteiger partial charge in [0.25, 0.3) is 0 Å². The molecule has 0 N–H and O–H groups in total. The Kier molecular flexibility index (Phi) is 4.25. The number of carbonyl (C=O) groups is 3. The van der Waals surface area contributed by atoms with Crippen LogP contribution in [-0.2, 0) is 19.1 Å². The fourth-order valence-corrected chi connectivity index (χ4v) is 4.59. The van der Waals surface area contributed by atoms with Crippen molar-refractivity contribution in [1.82, 2.24) is 0 Å². The number of aryl methyl sites for hydroxylation is 1. The molecule has 6 nitrogen and oxygen atoms in total. The van der Waals surface area contributed by atoms with Gasteiger partial charge in [0.05, 0.1) is 12.2 Å². The van der Waals surface area contributed by atoms with Crippen molar-refractivity contribution in [2.75, 3.05) is 0 Å². The molecule has 1 aromatic rings. The van der Waals surface area contributed by atoms with Crippen LogP contribution in [0.5, 0.6) is 0 Å². The monoisotopic (exact) mass is 348 g/mol. The summed E-state index contributed by atoms with van der Waals surface area (Å²) in [5.41, 5.74) is 0.772. The molecule has 0 radical (unpaired) electrons. The van der Waals surface area contributed by atoms with Crippen LogP contribution < -0.4 is 0 Å². The van der Waals surface area contributed by atoms with Gasteiger partial charge in [-0.2, -0.15) is 0 Å². The second kappa shape index (κ2) is 6.00. The summed E-state index contributed by atoms with van der Waals surface area (Å²) < 4.78 is 16.7. The van der Waals surface area contributed by atoms with Crippen molar-refractivity contribution in [3.05, 3.63) is 23.2 Å². The van der Waals surface area contributed by atoms with Gasteiger partial charge >= 0.3 is 11.9 Å². The van der Waals surface area contributed by atoms with Crippen LogP contribution in [-0.4, -0.2) is 23.8 Å². The van der Waals surface area contributed by atoms with Gasteiger partial charge in [-0.05, 0) is 31.2 Å². The molecule has 6 heteroatoms. The van der Waals surface area contributed by atoms with Gasteiger partial charge in [-0.15, -0.1) is 0 Å². The molecule has 1 fully saturated rings. The minimum Gasteiger partial charge on any atom is -0.462 e. The SMILES string of the molecule is CC(=O)OC1CCC(C)C2(C)C(OC(C)=O)c3c(C)coc3C(=O)C12. The maximum Gasteiger partial charge on any atom is 0.303 e. The molecular formula is C19H24O6. The fourth-order valence-electron chi connectivity index (χ4n) is 4.59. The van der Waals surface area contributed by atoms with Crippen LogP contribution in [0, 0.1) is 24.2 Å². The second-order valence-electron chi connectivity index (χ2n) is 7.49. The molecule has 136 valence electrons. The van der Waals surface area contributed by atoms with Gasteiger partial charge < -0.3 is 13.9 Å². The average molecular weight is 348 g/mol. The fraction of sp³-hybridized carbons (Fsp3) is 0.632. The molecule has 2 aliphatic rings. The number of fused-ring (bicyclic) bond motifs is 2. The van der Waals surface area contributed by atoms with Gasteiger partial charge in [0, 0.05) is 24.8 Å². The molecule has 5 unspecified atom stereocenters. The van der Waals surface area contributed by atoms with Crippen LogP contribution in [0.15, 0.2) is 10.7 Å². The normalized spacial score (nSPS) is 34.0. The van der Waals surface area contributed by atoms with E-state index in [0.29, 0.717) is 12.0 Å². The van der Waals surface area contributed by atoms with Crippen molar-refractivity contribution in [1.29, 1.82) is 0 Å². The lowest BCUT2D eigenvalue weighted by atomic mass is 9.53. The summed E-state index contributed by atoms with van der Waals surface area (Å²) in [6.07, 6.45) is 1.76. The largest absolute Gasteiger partial charge is 0.462 e. The molecular weight excluding hydrogens is 324 g/mol. The minimum absolute atomic E-state index is 0.111. The molecule has 0 aromatic carbocycles. The first-order valence-corrected chi connectivity index (χ1v) is 8.64. The smallest absolute Gasteiger partial charge is 0.303 e. The summed E-state index contributed by atoms with van der Waals surface area (Å²) in [5.74, 6) is -1.26. The van der Waals surface area contributed by atoms with Crippen molar-refractivity contribution >= 4 is 17.7 Å². The quantitative estimate of drug-likeness (QED) is 0.762. The second-order valence-corrected chi connectivity index (χ2v) is 7.49. The van der Waals surface area contributed by atoms with E-state index in [1.807, 2.05) is 13.8 Å². The molecule has 25 heavy (non-hydrogen) atoms. The molecule has 0 bridgehead atoms. The lowest BCUT2D eigenvalue weighted by molar-refractivity contribution is -0.179. The average Bonchev–Trinajstić information content (AvgIpc) is 2.88. The van der Waals surface area contributed by atoms with E-state index in [1.165, 1.54) is 20.1 Å². The van der Waals surface area contributed by atoms with E-state index < -0.39 is 35.5 Å². The first kappa shape index (κ1) is 17.7. The molecule has 0 amide bonds. The van der Waals surface area contributed by atoms with Crippen molar-refractivity contribution in [2.24, 2.45) is 17.3 Å². The molecule has 0 spiro atoms. The topological polar surface area (TPSA) is 82.8 Å². The van der Waals surface area contributed by atoms with E-state index in [4.69, 9.17) is 13.9 Å². The highest BCUT2D eigenvalue weighted by atomic mass is 16.6. The predicted molar refractivity (Wildman–Crippen MR) is 87.8 cm³/mol. The maximum atomic E-state index is 13.2. The Morgan fingerprint density at radius 2 is 1.84 bits per heavy atom. The number of carbonyl (C=O) groups excluding carboxylic acids is 3. The maximum absolute atomic E-state index is 13.2. The standard InChI is InChI=1S/C19H24O6/c1-9-8-23-17-14(9)18(25-12(4)21)19(5)10(2)6-7-13(24-11(3)20)15(19)16(17)22/h8,10,13,15,18H,6-7H2,1-5H3. The summed E-state index contributed by atoms with van der Waals surface area (Å²) in [5, 5.41) is 0. The number of rotatable bonds is 2. The molecule has 5 atom stereocenters. The predicted octanol–water partition coefficient (Wildman–Crippen LogP) is 3.37. The number of hydrogen-bond acceptors (Lipinski definition) is 6. The van der Waals surface area contributed by atoms with Gasteiger partial charge in [-0.25, -0.2) is 0 Å². The summed E-state index contributed by atoms with van der Waals surface area (Å²) in [4.78, 5) is 36.6. The summed E-state index contributed by atoms with van der Waals surface area (Å²) in [7, 11) is 0. The van der Waals surface area contributed by atoms with Gasteiger partial charge in [-0.1, -0.05) is 13.8 Å². The number of ketones is 1. The third kappa shape index (κ3) is 2.58. The molecule has 1 aromatic heterocycles. The molecule has 1 saturated carbocycles. The number of furan rings is 1.